The first kappa shape index (κ1) is 31.6. The van der Waals surface area contributed by atoms with Crippen molar-refractivity contribution in [3.05, 3.63) is 212 Å². The van der Waals surface area contributed by atoms with Crippen LogP contribution in [-0.4, -0.2) is 4.98 Å². The highest BCUT2D eigenvalue weighted by atomic mass is 14.7. The van der Waals surface area contributed by atoms with E-state index in [0.717, 1.165) is 33.6 Å². The van der Waals surface area contributed by atoms with Crippen molar-refractivity contribution >= 4 is 32.3 Å². The number of pyridine rings is 1. The Hall–Kier alpha value is -7.09. The molecule has 0 N–H and O–H groups in total. The molecule has 0 aliphatic rings. The summed E-state index contributed by atoms with van der Waals surface area (Å²) < 4.78 is 0. The summed E-state index contributed by atoms with van der Waals surface area (Å²) in [6, 6.07) is 76.7. The Labute approximate surface area is 315 Å². The van der Waals surface area contributed by atoms with E-state index in [2.05, 4.69) is 212 Å². The summed E-state index contributed by atoms with van der Waals surface area (Å²) >= 11 is 0. The van der Waals surface area contributed by atoms with Crippen LogP contribution in [0.5, 0.6) is 0 Å². The maximum atomic E-state index is 5.17. The Morgan fingerprint density at radius 1 is 0.222 bits per heavy atom. The van der Waals surface area contributed by atoms with Crippen molar-refractivity contribution in [2.24, 2.45) is 0 Å². The van der Waals surface area contributed by atoms with E-state index in [0.29, 0.717) is 0 Å². The molecule has 252 valence electrons. The first-order valence-corrected chi connectivity index (χ1v) is 18.5. The highest BCUT2D eigenvalue weighted by Crippen LogP contribution is 2.46. The maximum absolute atomic E-state index is 5.17. The van der Waals surface area contributed by atoms with Gasteiger partial charge >= 0.3 is 0 Å². The average molecular weight is 686 g/mol. The van der Waals surface area contributed by atoms with Gasteiger partial charge in [0.2, 0.25) is 0 Å². The van der Waals surface area contributed by atoms with Gasteiger partial charge in [0.25, 0.3) is 0 Å². The molecule has 9 aromatic carbocycles. The van der Waals surface area contributed by atoms with Crippen molar-refractivity contribution < 1.29 is 0 Å². The first-order chi connectivity index (χ1) is 26.8. The van der Waals surface area contributed by atoms with Crippen LogP contribution in [0, 0.1) is 0 Å². The summed E-state index contributed by atoms with van der Waals surface area (Å²) in [5, 5.41) is 7.43. The molecule has 0 radical (unpaired) electrons. The molecule has 10 aromatic rings. The van der Waals surface area contributed by atoms with Gasteiger partial charge in [0.05, 0.1) is 11.4 Å². The van der Waals surface area contributed by atoms with Gasteiger partial charge in [-0.1, -0.05) is 182 Å². The lowest BCUT2D eigenvalue weighted by Crippen LogP contribution is -1.94. The lowest BCUT2D eigenvalue weighted by atomic mass is 9.83. The van der Waals surface area contributed by atoms with Crippen LogP contribution in [0.25, 0.3) is 99.3 Å². The van der Waals surface area contributed by atoms with Gasteiger partial charge in [-0.05, 0) is 107 Å². The van der Waals surface area contributed by atoms with E-state index in [1.165, 1.54) is 65.7 Å². The summed E-state index contributed by atoms with van der Waals surface area (Å²) in [6.07, 6.45) is 0. The molecule has 0 aliphatic carbocycles. The molecule has 0 amide bonds. The Morgan fingerprint density at radius 3 is 1.11 bits per heavy atom. The SMILES string of the molecule is c1ccc(-c2cc(-c3ccc4c(-c5ccccc5)c5cc(-c6ccc7ccccc7c6)ccc5c(-c5ccccc5)c4c3)cc(-c3ccccc3)n2)cc1. The van der Waals surface area contributed by atoms with Crippen LogP contribution in [0.4, 0.5) is 0 Å². The van der Waals surface area contributed by atoms with Gasteiger partial charge in [0, 0.05) is 11.1 Å². The average Bonchev–Trinajstić information content (AvgIpc) is 3.26. The maximum Gasteiger partial charge on any atom is 0.0715 e. The second kappa shape index (κ2) is 13.5. The molecular formula is C53H35N. The van der Waals surface area contributed by atoms with Gasteiger partial charge in [0.15, 0.2) is 0 Å². The van der Waals surface area contributed by atoms with Crippen molar-refractivity contribution in [1.29, 1.82) is 0 Å². The lowest BCUT2D eigenvalue weighted by molar-refractivity contribution is 1.32. The quantitative estimate of drug-likeness (QED) is 0.159. The van der Waals surface area contributed by atoms with Crippen molar-refractivity contribution in [3.8, 4) is 67.0 Å². The predicted octanol–water partition coefficient (Wildman–Crippen LogP) is 14.5. The van der Waals surface area contributed by atoms with Crippen LogP contribution in [0.1, 0.15) is 0 Å². The topological polar surface area (TPSA) is 12.9 Å². The highest BCUT2D eigenvalue weighted by Gasteiger charge is 2.19. The zero-order chi connectivity index (χ0) is 35.8. The van der Waals surface area contributed by atoms with Crippen LogP contribution < -0.4 is 0 Å². The molecule has 54 heavy (non-hydrogen) atoms. The zero-order valence-electron chi connectivity index (χ0n) is 29.7. The largest absolute Gasteiger partial charge is 0.248 e. The van der Waals surface area contributed by atoms with E-state index in [1.807, 2.05) is 0 Å². The fourth-order valence-corrected chi connectivity index (χ4v) is 8.00. The fourth-order valence-electron chi connectivity index (χ4n) is 8.00. The van der Waals surface area contributed by atoms with E-state index < -0.39 is 0 Å². The molecule has 0 fully saturated rings. The number of fused-ring (bicyclic) bond motifs is 3. The zero-order valence-corrected chi connectivity index (χ0v) is 29.7. The monoisotopic (exact) mass is 685 g/mol. The van der Waals surface area contributed by atoms with Crippen LogP contribution >= 0.6 is 0 Å². The number of aromatic nitrogens is 1. The van der Waals surface area contributed by atoms with Gasteiger partial charge < -0.3 is 0 Å². The normalized spacial score (nSPS) is 11.3. The van der Waals surface area contributed by atoms with E-state index >= 15 is 0 Å². The van der Waals surface area contributed by atoms with Crippen LogP contribution in [0.3, 0.4) is 0 Å². The summed E-state index contributed by atoms with van der Waals surface area (Å²) in [7, 11) is 0. The number of hydrogen-bond acceptors (Lipinski definition) is 1. The minimum absolute atomic E-state index is 0.958. The molecule has 1 aromatic heterocycles. The molecule has 1 nitrogen and oxygen atoms in total. The molecule has 1 heterocycles. The molecule has 10 rings (SSSR count). The molecule has 0 spiro atoms. The molecule has 0 aliphatic heterocycles. The first-order valence-electron chi connectivity index (χ1n) is 18.5. The van der Waals surface area contributed by atoms with Crippen molar-refractivity contribution in [2.45, 2.75) is 0 Å². The van der Waals surface area contributed by atoms with E-state index in [-0.39, 0.29) is 0 Å². The molecule has 0 unspecified atom stereocenters. The molecule has 1 heteroatoms. The minimum atomic E-state index is 0.958. The van der Waals surface area contributed by atoms with E-state index in [1.54, 1.807) is 0 Å². The van der Waals surface area contributed by atoms with E-state index in [4.69, 9.17) is 4.98 Å². The number of rotatable bonds is 6. The lowest BCUT2D eigenvalue weighted by Gasteiger charge is -2.20. The Morgan fingerprint density at radius 2 is 0.611 bits per heavy atom. The predicted molar refractivity (Wildman–Crippen MR) is 229 cm³/mol. The second-order valence-corrected chi connectivity index (χ2v) is 13.9. The van der Waals surface area contributed by atoms with Crippen molar-refractivity contribution in [3.63, 3.8) is 0 Å². The van der Waals surface area contributed by atoms with Gasteiger partial charge in [-0.2, -0.15) is 0 Å². The van der Waals surface area contributed by atoms with Crippen LogP contribution in [0.2, 0.25) is 0 Å². The van der Waals surface area contributed by atoms with Crippen molar-refractivity contribution in [1.82, 2.24) is 4.98 Å². The van der Waals surface area contributed by atoms with Gasteiger partial charge in [-0.3, -0.25) is 0 Å². The smallest absolute Gasteiger partial charge is 0.0715 e. The Kier molecular flexibility index (Phi) is 7.89. The number of hydrogen-bond donors (Lipinski definition) is 0. The molecule has 0 bridgehead atoms. The summed E-state index contributed by atoms with van der Waals surface area (Å²) in [4.78, 5) is 5.17. The summed E-state index contributed by atoms with van der Waals surface area (Å²) in [5.41, 5.74) is 13.7. The van der Waals surface area contributed by atoms with Gasteiger partial charge in [-0.25, -0.2) is 4.98 Å². The standard InChI is InChI=1S/C53H35N/c1-5-16-37(17-6-1)50-34-45(35-51(54-50)38-18-7-2-8-19-38)44-28-30-47-49(33-44)53(40-22-11-4-12-23-40)46-29-27-43(32-48(46)52(47)39-20-9-3-10-21-39)42-26-25-36-15-13-14-24-41(36)31-42/h1-35H. The van der Waals surface area contributed by atoms with E-state index in [9.17, 15) is 0 Å². The Balaban J connectivity index is 1.26. The van der Waals surface area contributed by atoms with Crippen molar-refractivity contribution in [2.75, 3.05) is 0 Å². The van der Waals surface area contributed by atoms with Gasteiger partial charge in [0.1, 0.15) is 0 Å². The highest BCUT2D eigenvalue weighted by molar-refractivity contribution is 6.22. The Bertz CT molecular complexity index is 2890. The summed E-state index contributed by atoms with van der Waals surface area (Å²) in [5.74, 6) is 0. The fraction of sp³-hybridized carbons (Fsp3) is 0. The summed E-state index contributed by atoms with van der Waals surface area (Å²) in [6.45, 7) is 0. The molecule has 0 saturated carbocycles. The third kappa shape index (κ3) is 5.73. The third-order valence-corrected chi connectivity index (χ3v) is 10.6. The van der Waals surface area contributed by atoms with Crippen LogP contribution in [0.15, 0.2) is 212 Å². The number of benzene rings is 9. The third-order valence-electron chi connectivity index (χ3n) is 10.6. The number of nitrogens with zero attached hydrogens (tertiary/aromatic N) is 1. The minimum Gasteiger partial charge on any atom is -0.248 e. The molecule has 0 saturated heterocycles. The van der Waals surface area contributed by atoms with Gasteiger partial charge in [-0.15, -0.1) is 0 Å². The second-order valence-electron chi connectivity index (χ2n) is 13.9. The molecular weight excluding hydrogens is 651 g/mol. The molecule has 0 atom stereocenters. The van der Waals surface area contributed by atoms with Crippen LogP contribution in [-0.2, 0) is 0 Å².